The van der Waals surface area contributed by atoms with Crippen LogP contribution in [0, 0.1) is 0 Å². The zero-order valence-electron chi connectivity index (χ0n) is 5.46. The van der Waals surface area contributed by atoms with Gasteiger partial charge in [0.15, 0.2) is 0 Å². The van der Waals surface area contributed by atoms with Crippen LogP contribution < -0.4 is 5.32 Å². The maximum absolute atomic E-state index is 10.5. The van der Waals surface area contributed by atoms with Crippen LogP contribution in [-0.2, 0) is 9.59 Å². The molecule has 0 aliphatic heterocycles. The standard InChI is InChI=1S/C6H9NO3/c1-2-3-5(8)7-4-6(9)10/h2H,1,3-4H2,(H,7,8)(H,9,10). The second-order valence-electron chi connectivity index (χ2n) is 1.66. The molecule has 0 heterocycles. The van der Waals surface area contributed by atoms with Gasteiger partial charge in [-0.15, -0.1) is 6.58 Å². The van der Waals surface area contributed by atoms with E-state index in [2.05, 4.69) is 11.9 Å². The highest BCUT2D eigenvalue weighted by Gasteiger charge is 1.99. The average Bonchev–Trinajstić information content (AvgIpc) is 1.85. The molecule has 0 atom stereocenters. The van der Waals surface area contributed by atoms with E-state index in [4.69, 9.17) is 5.11 Å². The van der Waals surface area contributed by atoms with Crippen molar-refractivity contribution in [1.82, 2.24) is 5.32 Å². The highest BCUT2D eigenvalue weighted by Crippen LogP contribution is 1.77. The highest BCUT2D eigenvalue weighted by molar-refractivity contribution is 5.81. The number of aliphatic carboxylic acids is 1. The van der Waals surface area contributed by atoms with Gasteiger partial charge in [0, 0.05) is 6.42 Å². The molecule has 0 aromatic heterocycles. The van der Waals surface area contributed by atoms with E-state index in [0.29, 0.717) is 0 Å². The highest BCUT2D eigenvalue weighted by atomic mass is 16.4. The van der Waals surface area contributed by atoms with Crippen LogP contribution in [0.25, 0.3) is 0 Å². The van der Waals surface area contributed by atoms with Crippen LogP contribution in [0.1, 0.15) is 6.42 Å². The van der Waals surface area contributed by atoms with Gasteiger partial charge in [0.1, 0.15) is 6.54 Å². The van der Waals surface area contributed by atoms with Crippen LogP contribution in [0.3, 0.4) is 0 Å². The third-order valence-electron chi connectivity index (χ3n) is 0.767. The molecule has 0 bridgehead atoms. The van der Waals surface area contributed by atoms with E-state index in [0.717, 1.165) is 0 Å². The lowest BCUT2D eigenvalue weighted by atomic mass is 10.4. The number of carbonyl (C=O) groups is 2. The fourth-order valence-corrected chi connectivity index (χ4v) is 0.377. The molecule has 56 valence electrons. The van der Waals surface area contributed by atoms with Gasteiger partial charge in [-0.05, 0) is 0 Å². The third-order valence-corrected chi connectivity index (χ3v) is 0.767. The Morgan fingerprint density at radius 1 is 1.60 bits per heavy atom. The molecule has 0 saturated carbocycles. The zero-order valence-corrected chi connectivity index (χ0v) is 5.46. The zero-order chi connectivity index (χ0) is 7.98. The predicted octanol–water partition coefficient (Wildman–Crippen LogP) is -0.237. The monoisotopic (exact) mass is 143 g/mol. The summed E-state index contributed by atoms with van der Waals surface area (Å²) in [5, 5.41) is 10.3. The van der Waals surface area contributed by atoms with Crippen LogP contribution in [-0.4, -0.2) is 23.5 Å². The Morgan fingerprint density at radius 3 is 2.60 bits per heavy atom. The van der Waals surface area contributed by atoms with Crippen molar-refractivity contribution in [3.8, 4) is 0 Å². The van der Waals surface area contributed by atoms with Gasteiger partial charge in [-0.3, -0.25) is 9.59 Å². The van der Waals surface area contributed by atoms with E-state index in [9.17, 15) is 9.59 Å². The fraction of sp³-hybridized carbons (Fsp3) is 0.333. The quantitative estimate of drug-likeness (QED) is 0.534. The molecular formula is C6H9NO3. The Labute approximate surface area is 58.5 Å². The maximum atomic E-state index is 10.5. The minimum atomic E-state index is -1.04. The molecule has 0 saturated heterocycles. The predicted molar refractivity (Wildman–Crippen MR) is 35.5 cm³/mol. The molecule has 0 unspecified atom stereocenters. The van der Waals surface area contributed by atoms with Crippen molar-refractivity contribution >= 4 is 11.9 Å². The van der Waals surface area contributed by atoms with Gasteiger partial charge >= 0.3 is 5.97 Å². The minimum Gasteiger partial charge on any atom is -0.480 e. The van der Waals surface area contributed by atoms with E-state index in [1.54, 1.807) is 0 Å². The Kier molecular flexibility index (Phi) is 3.95. The first-order valence-corrected chi connectivity index (χ1v) is 2.76. The third kappa shape index (κ3) is 4.83. The second kappa shape index (κ2) is 4.55. The Hall–Kier alpha value is -1.32. The number of nitrogens with one attached hydrogen (secondary N) is 1. The summed E-state index contributed by atoms with van der Waals surface area (Å²) in [4.78, 5) is 20.4. The first-order chi connectivity index (χ1) is 4.66. The van der Waals surface area contributed by atoms with Crippen LogP contribution >= 0.6 is 0 Å². The molecule has 4 nitrogen and oxygen atoms in total. The van der Waals surface area contributed by atoms with Crippen LogP contribution in [0.2, 0.25) is 0 Å². The summed E-state index contributed by atoms with van der Waals surface area (Å²) >= 11 is 0. The fourth-order valence-electron chi connectivity index (χ4n) is 0.377. The van der Waals surface area contributed by atoms with Crippen molar-refractivity contribution < 1.29 is 14.7 Å². The lowest BCUT2D eigenvalue weighted by Gasteiger charge is -1.96. The van der Waals surface area contributed by atoms with Gasteiger partial charge < -0.3 is 10.4 Å². The van der Waals surface area contributed by atoms with Gasteiger partial charge in [0.25, 0.3) is 0 Å². The summed E-state index contributed by atoms with van der Waals surface area (Å²) in [5.74, 6) is -1.37. The van der Waals surface area contributed by atoms with Gasteiger partial charge in [-0.2, -0.15) is 0 Å². The molecule has 1 amide bonds. The summed E-state index contributed by atoms with van der Waals surface area (Å²) in [6.07, 6.45) is 1.57. The molecule has 0 aliphatic carbocycles. The summed E-state index contributed by atoms with van der Waals surface area (Å²) < 4.78 is 0. The molecule has 0 spiro atoms. The smallest absolute Gasteiger partial charge is 0.322 e. The molecule has 0 fully saturated rings. The van der Waals surface area contributed by atoms with Crippen molar-refractivity contribution in [3.63, 3.8) is 0 Å². The minimum absolute atomic E-state index is 0.160. The number of carbonyl (C=O) groups excluding carboxylic acids is 1. The molecule has 0 radical (unpaired) electrons. The van der Waals surface area contributed by atoms with Gasteiger partial charge in [0.05, 0.1) is 0 Å². The molecular weight excluding hydrogens is 134 g/mol. The second-order valence-corrected chi connectivity index (χ2v) is 1.66. The Balaban J connectivity index is 3.39. The number of carboxylic acid groups (broad SMARTS) is 1. The molecule has 0 aliphatic rings. The van der Waals surface area contributed by atoms with Crippen molar-refractivity contribution in [2.75, 3.05) is 6.54 Å². The Morgan fingerprint density at radius 2 is 2.20 bits per heavy atom. The van der Waals surface area contributed by atoms with Gasteiger partial charge in [-0.25, -0.2) is 0 Å². The summed E-state index contributed by atoms with van der Waals surface area (Å²) in [6.45, 7) is 2.99. The lowest BCUT2D eigenvalue weighted by molar-refractivity contribution is -0.137. The molecule has 0 aromatic rings. The van der Waals surface area contributed by atoms with Crippen LogP contribution in [0.5, 0.6) is 0 Å². The molecule has 4 heteroatoms. The van der Waals surface area contributed by atoms with Crippen molar-refractivity contribution in [2.24, 2.45) is 0 Å². The van der Waals surface area contributed by atoms with Crippen molar-refractivity contribution in [2.45, 2.75) is 6.42 Å². The number of amides is 1. The van der Waals surface area contributed by atoms with Crippen LogP contribution in [0.4, 0.5) is 0 Å². The molecule has 10 heavy (non-hydrogen) atoms. The first kappa shape index (κ1) is 8.68. The normalized spacial score (nSPS) is 8.40. The van der Waals surface area contributed by atoms with E-state index in [1.165, 1.54) is 6.08 Å². The van der Waals surface area contributed by atoms with E-state index >= 15 is 0 Å². The average molecular weight is 143 g/mol. The SMILES string of the molecule is C=CCC(=O)NCC(=O)O. The number of hydrogen-bond donors (Lipinski definition) is 2. The first-order valence-electron chi connectivity index (χ1n) is 2.76. The van der Waals surface area contributed by atoms with E-state index in [1.807, 2.05) is 0 Å². The maximum Gasteiger partial charge on any atom is 0.322 e. The molecule has 0 rings (SSSR count). The lowest BCUT2D eigenvalue weighted by Crippen LogP contribution is -2.28. The summed E-state index contributed by atoms with van der Waals surface area (Å²) in [7, 11) is 0. The topological polar surface area (TPSA) is 66.4 Å². The Bertz CT molecular complexity index is 153. The summed E-state index contributed by atoms with van der Waals surface area (Å²) in [5.41, 5.74) is 0. The van der Waals surface area contributed by atoms with E-state index < -0.39 is 5.97 Å². The number of carboxylic acids is 1. The van der Waals surface area contributed by atoms with Crippen molar-refractivity contribution in [3.05, 3.63) is 12.7 Å². The largest absolute Gasteiger partial charge is 0.480 e. The number of rotatable bonds is 4. The molecule has 2 N–H and O–H groups in total. The van der Waals surface area contributed by atoms with E-state index in [-0.39, 0.29) is 18.9 Å². The van der Waals surface area contributed by atoms with Crippen molar-refractivity contribution in [1.29, 1.82) is 0 Å². The van der Waals surface area contributed by atoms with Gasteiger partial charge in [-0.1, -0.05) is 6.08 Å². The molecule has 0 aromatic carbocycles. The summed E-state index contributed by atoms with van der Waals surface area (Å²) in [6, 6.07) is 0. The number of hydrogen-bond acceptors (Lipinski definition) is 2. The van der Waals surface area contributed by atoms with Crippen LogP contribution in [0.15, 0.2) is 12.7 Å². The van der Waals surface area contributed by atoms with Gasteiger partial charge in [0.2, 0.25) is 5.91 Å².